The van der Waals surface area contributed by atoms with Gasteiger partial charge in [-0.15, -0.1) is 11.8 Å². The zero-order valence-electron chi connectivity index (χ0n) is 19.7. The summed E-state index contributed by atoms with van der Waals surface area (Å²) >= 11 is 1.78. The lowest BCUT2D eigenvalue weighted by molar-refractivity contribution is -0.114. The zero-order chi connectivity index (χ0) is 23.3. The van der Waals surface area contributed by atoms with Crippen molar-refractivity contribution < 1.29 is 4.79 Å². The second-order valence-corrected chi connectivity index (χ2v) is 9.36. The van der Waals surface area contributed by atoms with E-state index in [1.165, 1.54) is 5.56 Å². The summed E-state index contributed by atoms with van der Waals surface area (Å²) in [7, 11) is 4.20. The van der Waals surface area contributed by atoms with Crippen LogP contribution in [0.4, 0.5) is 5.69 Å². The van der Waals surface area contributed by atoms with Crippen molar-refractivity contribution in [2.45, 2.75) is 29.9 Å². The predicted molar refractivity (Wildman–Crippen MR) is 143 cm³/mol. The molecule has 3 aromatic carbocycles. The van der Waals surface area contributed by atoms with Crippen LogP contribution in [0.15, 0.2) is 95.9 Å². The molecule has 0 fully saturated rings. The van der Waals surface area contributed by atoms with E-state index in [1.807, 2.05) is 53.4 Å². The number of rotatable bonds is 12. The summed E-state index contributed by atoms with van der Waals surface area (Å²) in [5.41, 5.74) is 3.31. The van der Waals surface area contributed by atoms with Gasteiger partial charge in [-0.25, -0.2) is 0 Å². The fourth-order valence-corrected chi connectivity index (χ4v) is 4.60. The average Bonchev–Trinajstić information content (AvgIpc) is 2.85. The van der Waals surface area contributed by atoms with Crippen LogP contribution < -0.4 is 4.90 Å². The first-order chi connectivity index (χ1) is 16.1. The van der Waals surface area contributed by atoms with Gasteiger partial charge in [0.2, 0.25) is 0 Å². The maximum absolute atomic E-state index is 13.3. The van der Waals surface area contributed by atoms with Crippen molar-refractivity contribution in [3.63, 3.8) is 0 Å². The highest BCUT2D eigenvalue weighted by Gasteiger charge is 2.17. The minimum absolute atomic E-state index is 0.0271. The molecule has 0 atom stereocenters. The van der Waals surface area contributed by atoms with Gasteiger partial charge in [-0.05, 0) is 62.8 Å². The molecule has 1 amide bonds. The van der Waals surface area contributed by atoms with E-state index in [1.54, 1.807) is 17.8 Å². The lowest BCUT2D eigenvalue weighted by Crippen LogP contribution is -2.31. The first kappa shape index (κ1) is 24.8. The molecular formula is C29H34N2OS. The smallest absolute Gasteiger partial charge is 0.251 e. The van der Waals surface area contributed by atoms with Gasteiger partial charge in [0.25, 0.3) is 5.91 Å². The van der Waals surface area contributed by atoms with Gasteiger partial charge >= 0.3 is 0 Å². The van der Waals surface area contributed by atoms with Crippen molar-refractivity contribution in [2.24, 2.45) is 0 Å². The predicted octanol–water partition coefficient (Wildman–Crippen LogP) is 6.76. The van der Waals surface area contributed by atoms with Crippen LogP contribution >= 0.6 is 11.8 Å². The molecule has 3 rings (SSSR count). The van der Waals surface area contributed by atoms with Gasteiger partial charge in [0.1, 0.15) is 0 Å². The third-order valence-electron chi connectivity index (χ3n) is 5.36. The SMILES string of the molecule is CN(C)CCCCCN(C(=O)C=Cc1ccccc1)c1ccccc1SCc1ccccc1. The van der Waals surface area contributed by atoms with Crippen LogP contribution in [0, 0.1) is 0 Å². The molecule has 0 aliphatic heterocycles. The first-order valence-electron chi connectivity index (χ1n) is 11.6. The summed E-state index contributed by atoms with van der Waals surface area (Å²) in [6.45, 7) is 1.79. The fraction of sp³-hybridized carbons (Fsp3) is 0.276. The second-order valence-electron chi connectivity index (χ2n) is 8.34. The van der Waals surface area contributed by atoms with Crippen molar-refractivity contribution >= 4 is 29.4 Å². The van der Waals surface area contributed by atoms with E-state index >= 15 is 0 Å². The lowest BCUT2D eigenvalue weighted by Gasteiger charge is -2.24. The normalized spacial score (nSPS) is 11.2. The highest BCUT2D eigenvalue weighted by atomic mass is 32.2. The average molecular weight is 459 g/mol. The number of hydrogen-bond donors (Lipinski definition) is 0. The highest BCUT2D eigenvalue weighted by molar-refractivity contribution is 7.98. The van der Waals surface area contributed by atoms with E-state index in [2.05, 4.69) is 61.5 Å². The quantitative estimate of drug-likeness (QED) is 0.170. The summed E-state index contributed by atoms with van der Waals surface area (Å²) in [6, 6.07) is 28.7. The van der Waals surface area contributed by atoms with Crippen LogP contribution in [-0.2, 0) is 10.5 Å². The largest absolute Gasteiger partial charge is 0.309 e. The van der Waals surface area contributed by atoms with Crippen molar-refractivity contribution in [2.75, 3.05) is 32.1 Å². The van der Waals surface area contributed by atoms with E-state index in [-0.39, 0.29) is 5.91 Å². The number of thioether (sulfide) groups is 1. The summed E-state index contributed by atoms with van der Waals surface area (Å²) in [6.07, 6.45) is 6.83. The van der Waals surface area contributed by atoms with Gasteiger partial charge in [-0.1, -0.05) is 79.2 Å². The molecule has 3 aromatic rings. The van der Waals surface area contributed by atoms with Gasteiger partial charge in [0.05, 0.1) is 5.69 Å². The Bertz CT molecular complexity index is 1000. The van der Waals surface area contributed by atoms with Gasteiger partial charge in [-0.3, -0.25) is 4.79 Å². The van der Waals surface area contributed by atoms with Crippen LogP contribution in [0.3, 0.4) is 0 Å². The van der Waals surface area contributed by atoms with Crippen molar-refractivity contribution in [3.05, 3.63) is 102 Å². The monoisotopic (exact) mass is 458 g/mol. The highest BCUT2D eigenvalue weighted by Crippen LogP contribution is 2.33. The third kappa shape index (κ3) is 8.56. The molecule has 0 radical (unpaired) electrons. The lowest BCUT2D eigenvalue weighted by atomic mass is 10.2. The first-order valence-corrected chi connectivity index (χ1v) is 12.6. The molecule has 0 aromatic heterocycles. The zero-order valence-corrected chi connectivity index (χ0v) is 20.5. The molecule has 0 unspecified atom stereocenters. The molecule has 0 bridgehead atoms. The van der Waals surface area contributed by atoms with Gasteiger partial charge in [0.15, 0.2) is 0 Å². The van der Waals surface area contributed by atoms with Gasteiger partial charge in [0, 0.05) is 23.3 Å². The maximum atomic E-state index is 13.3. The Hall–Kier alpha value is -2.82. The Kier molecular flexibility index (Phi) is 10.3. The van der Waals surface area contributed by atoms with Crippen LogP contribution in [0.2, 0.25) is 0 Å². The standard InChI is InChI=1S/C29H34N2OS/c1-30(2)22-12-5-13-23-31(29(32)21-20-25-14-6-3-7-15-25)27-18-10-11-19-28(27)33-24-26-16-8-4-9-17-26/h3-4,6-11,14-21H,5,12-13,22-24H2,1-2H3. The Morgan fingerprint density at radius 3 is 2.15 bits per heavy atom. The molecule has 0 heterocycles. The van der Waals surface area contributed by atoms with E-state index in [4.69, 9.17) is 0 Å². The number of carbonyl (C=O) groups excluding carboxylic acids is 1. The number of nitrogens with zero attached hydrogens (tertiary/aromatic N) is 2. The molecular weight excluding hydrogens is 424 g/mol. The number of hydrogen-bond acceptors (Lipinski definition) is 3. The third-order valence-corrected chi connectivity index (χ3v) is 6.50. The number of benzene rings is 3. The molecule has 3 nitrogen and oxygen atoms in total. The van der Waals surface area contributed by atoms with Crippen LogP contribution in [0.1, 0.15) is 30.4 Å². The number of amides is 1. The van der Waals surface area contributed by atoms with E-state index in [9.17, 15) is 4.79 Å². The van der Waals surface area contributed by atoms with E-state index in [0.29, 0.717) is 6.54 Å². The Balaban J connectivity index is 1.76. The summed E-state index contributed by atoms with van der Waals surface area (Å²) in [5.74, 6) is 0.905. The molecule has 0 aliphatic rings. The Morgan fingerprint density at radius 1 is 0.788 bits per heavy atom. The number of carbonyl (C=O) groups is 1. The van der Waals surface area contributed by atoms with Crippen LogP contribution in [0.25, 0.3) is 6.08 Å². The molecule has 0 saturated heterocycles. The molecule has 172 valence electrons. The van der Waals surface area contributed by atoms with Crippen molar-refractivity contribution in [1.29, 1.82) is 0 Å². The summed E-state index contributed by atoms with van der Waals surface area (Å²) in [5, 5.41) is 0. The Morgan fingerprint density at radius 2 is 1.42 bits per heavy atom. The van der Waals surface area contributed by atoms with Crippen LogP contribution in [0.5, 0.6) is 0 Å². The molecule has 0 saturated carbocycles. The second kappa shape index (κ2) is 13.7. The number of unbranched alkanes of at least 4 members (excludes halogenated alkanes) is 2. The molecule has 0 aliphatic carbocycles. The van der Waals surface area contributed by atoms with Crippen LogP contribution in [-0.4, -0.2) is 38.0 Å². The van der Waals surface area contributed by atoms with Crippen molar-refractivity contribution in [1.82, 2.24) is 4.90 Å². The molecule has 0 N–H and O–H groups in total. The summed E-state index contributed by atoms with van der Waals surface area (Å²) in [4.78, 5) is 18.6. The van der Waals surface area contributed by atoms with Crippen molar-refractivity contribution in [3.8, 4) is 0 Å². The van der Waals surface area contributed by atoms with E-state index in [0.717, 1.165) is 47.7 Å². The van der Waals surface area contributed by atoms with Gasteiger partial charge in [-0.2, -0.15) is 0 Å². The molecule has 0 spiro atoms. The maximum Gasteiger partial charge on any atom is 0.251 e. The van der Waals surface area contributed by atoms with E-state index < -0.39 is 0 Å². The Labute approximate surface area is 203 Å². The number of anilines is 1. The minimum Gasteiger partial charge on any atom is -0.309 e. The topological polar surface area (TPSA) is 23.6 Å². The fourth-order valence-electron chi connectivity index (χ4n) is 3.58. The summed E-state index contributed by atoms with van der Waals surface area (Å²) < 4.78 is 0. The number of para-hydroxylation sites is 1. The minimum atomic E-state index is 0.0271. The molecule has 4 heteroatoms. The molecule has 33 heavy (non-hydrogen) atoms. The van der Waals surface area contributed by atoms with Gasteiger partial charge < -0.3 is 9.80 Å².